The van der Waals surface area contributed by atoms with Gasteiger partial charge in [0.05, 0.1) is 11.4 Å². The van der Waals surface area contributed by atoms with Crippen molar-refractivity contribution in [1.29, 1.82) is 0 Å². The molecule has 0 fully saturated rings. The topological polar surface area (TPSA) is 72.7 Å². The molecular formula is C15H12ClN5OS. The number of halogens is 1. The van der Waals surface area contributed by atoms with Crippen LogP contribution in [0.4, 0.5) is 5.69 Å². The van der Waals surface area contributed by atoms with Crippen molar-refractivity contribution in [3.63, 3.8) is 0 Å². The first-order valence-electron chi connectivity index (χ1n) is 6.70. The summed E-state index contributed by atoms with van der Waals surface area (Å²) in [6.07, 6.45) is 4.58. The third-order valence-electron chi connectivity index (χ3n) is 2.88. The molecule has 1 N–H and O–H groups in total. The summed E-state index contributed by atoms with van der Waals surface area (Å²) in [5.74, 6) is 0.682. The molecule has 1 aromatic carbocycles. The number of anilines is 1. The van der Waals surface area contributed by atoms with E-state index in [1.165, 1.54) is 29.1 Å². The number of aromatic nitrogens is 4. The van der Waals surface area contributed by atoms with Gasteiger partial charge in [0.15, 0.2) is 5.82 Å². The van der Waals surface area contributed by atoms with Crippen molar-refractivity contribution in [2.24, 2.45) is 0 Å². The van der Waals surface area contributed by atoms with Crippen LogP contribution >= 0.6 is 23.4 Å². The maximum Gasteiger partial charge on any atom is 0.234 e. The molecule has 0 aliphatic heterocycles. The molecule has 0 saturated carbocycles. The first-order chi connectivity index (χ1) is 11.2. The molecule has 116 valence electrons. The molecule has 0 unspecified atom stereocenters. The maximum absolute atomic E-state index is 12.1. The smallest absolute Gasteiger partial charge is 0.234 e. The highest BCUT2D eigenvalue weighted by molar-refractivity contribution is 8.00. The van der Waals surface area contributed by atoms with Crippen molar-refractivity contribution in [2.75, 3.05) is 11.1 Å². The van der Waals surface area contributed by atoms with Crippen molar-refractivity contribution < 1.29 is 4.79 Å². The summed E-state index contributed by atoms with van der Waals surface area (Å²) in [6, 6.07) is 10.9. The summed E-state index contributed by atoms with van der Waals surface area (Å²) in [5.41, 5.74) is 0.583. The van der Waals surface area contributed by atoms with Crippen LogP contribution in [0.1, 0.15) is 0 Å². The van der Waals surface area contributed by atoms with Gasteiger partial charge in [-0.15, -0.1) is 11.8 Å². The fraction of sp³-hybridized carbons (Fsp3) is 0.0667. The van der Waals surface area contributed by atoms with Crippen LogP contribution in [-0.2, 0) is 4.79 Å². The Kier molecular flexibility index (Phi) is 4.89. The van der Waals surface area contributed by atoms with Crippen molar-refractivity contribution in [3.05, 3.63) is 60.3 Å². The van der Waals surface area contributed by atoms with E-state index in [0.717, 1.165) is 4.90 Å². The van der Waals surface area contributed by atoms with Crippen LogP contribution in [0.5, 0.6) is 0 Å². The second-order valence-electron chi connectivity index (χ2n) is 4.51. The summed E-state index contributed by atoms with van der Waals surface area (Å²) in [4.78, 5) is 21.2. The molecule has 23 heavy (non-hydrogen) atoms. The average molecular weight is 346 g/mol. The number of nitrogens with zero attached hydrogens (tertiary/aromatic N) is 4. The van der Waals surface area contributed by atoms with Crippen LogP contribution in [0, 0.1) is 0 Å². The second kappa shape index (κ2) is 7.26. The first-order valence-corrected chi connectivity index (χ1v) is 8.07. The van der Waals surface area contributed by atoms with Gasteiger partial charge in [0, 0.05) is 16.1 Å². The average Bonchev–Trinajstić information content (AvgIpc) is 3.09. The van der Waals surface area contributed by atoms with E-state index in [-0.39, 0.29) is 11.7 Å². The molecule has 8 heteroatoms. The monoisotopic (exact) mass is 345 g/mol. The molecule has 0 atom stereocenters. The highest BCUT2D eigenvalue weighted by Crippen LogP contribution is 2.21. The molecule has 0 saturated heterocycles. The lowest BCUT2D eigenvalue weighted by atomic mass is 10.4. The third-order valence-corrected chi connectivity index (χ3v) is 4.14. The Morgan fingerprint density at radius 3 is 2.83 bits per heavy atom. The zero-order valence-corrected chi connectivity index (χ0v) is 13.5. The molecule has 1 amide bonds. The van der Waals surface area contributed by atoms with Crippen LogP contribution in [-0.4, -0.2) is 31.4 Å². The van der Waals surface area contributed by atoms with Crippen molar-refractivity contribution >= 4 is 35.0 Å². The zero-order valence-electron chi connectivity index (χ0n) is 11.9. The number of amides is 1. The summed E-state index contributed by atoms with van der Waals surface area (Å²) in [6.45, 7) is 0. The number of rotatable bonds is 5. The van der Waals surface area contributed by atoms with E-state index in [9.17, 15) is 4.79 Å². The van der Waals surface area contributed by atoms with Crippen LogP contribution in [0.2, 0.25) is 5.02 Å². The van der Waals surface area contributed by atoms with Crippen LogP contribution < -0.4 is 5.32 Å². The normalized spacial score (nSPS) is 10.5. The lowest BCUT2D eigenvalue weighted by molar-refractivity contribution is -0.113. The predicted molar refractivity (Wildman–Crippen MR) is 90.0 cm³/mol. The zero-order chi connectivity index (χ0) is 16.1. The molecule has 6 nitrogen and oxygen atoms in total. The van der Waals surface area contributed by atoms with E-state index in [1.54, 1.807) is 30.5 Å². The van der Waals surface area contributed by atoms with Gasteiger partial charge in [0.2, 0.25) is 5.91 Å². The Morgan fingerprint density at radius 2 is 2.09 bits per heavy atom. The van der Waals surface area contributed by atoms with Crippen LogP contribution in [0.25, 0.3) is 5.82 Å². The molecule has 0 spiro atoms. The molecule has 0 bridgehead atoms. The van der Waals surface area contributed by atoms with Gasteiger partial charge in [0.1, 0.15) is 12.7 Å². The van der Waals surface area contributed by atoms with Gasteiger partial charge in [0.25, 0.3) is 0 Å². The number of nitrogens with one attached hydrogen (secondary N) is 1. The Bertz CT molecular complexity index is 792. The minimum atomic E-state index is -0.126. The van der Waals surface area contributed by atoms with Gasteiger partial charge in [-0.05, 0) is 36.4 Å². The standard InChI is InChI=1S/C15H12ClN5OS/c16-11-3-5-12(6-4-11)23-8-14(22)20-13-2-1-7-18-15(13)21-10-17-9-19-21/h1-7,9-10H,8H2,(H,20,22). The quantitative estimate of drug-likeness (QED) is 0.719. The number of thioether (sulfide) groups is 1. The van der Waals surface area contributed by atoms with Crippen LogP contribution in [0.15, 0.2) is 60.1 Å². The van der Waals surface area contributed by atoms with Crippen molar-refractivity contribution in [1.82, 2.24) is 19.7 Å². The van der Waals surface area contributed by atoms with E-state index in [0.29, 0.717) is 16.5 Å². The molecule has 2 heterocycles. The minimum absolute atomic E-state index is 0.126. The maximum atomic E-state index is 12.1. The first kappa shape index (κ1) is 15.5. The SMILES string of the molecule is O=C(CSc1ccc(Cl)cc1)Nc1cccnc1-n1cncn1. The fourth-order valence-electron chi connectivity index (χ4n) is 1.86. The molecule has 2 aromatic heterocycles. The van der Waals surface area contributed by atoms with Gasteiger partial charge in [-0.3, -0.25) is 4.79 Å². The lowest BCUT2D eigenvalue weighted by Crippen LogP contribution is -2.16. The van der Waals surface area contributed by atoms with E-state index < -0.39 is 0 Å². The van der Waals surface area contributed by atoms with Gasteiger partial charge < -0.3 is 5.32 Å². The fourth-order valence-corrected chi connectivity index (χ4v) is 2.69. The number of hydrogen-bond donors (Lipinski definition) is 1. The molecule has 3 rings (SSSR count). The third kappa shape index (κ3) is 4.08. The lowest BCUT2D eigenvalue weighted by Gasteiger charge is -2.09. The minimum Gasteiger partial charge on any atom is -0.322 e. The van der Waals surface area contributed by atoms with Gasteiger partial charge in [-0.2, -0.15) is 5.10 Å². The second-order valence-corrected chi connectivity index (χ2v) is 5.99. The van der Waals surface area contributed by atoms with Crippen LogP contribution in [0.3, 0.4) is 0 Å². The molecule has 0 radical (unpaired) electrons. The molecular weight excluding hydrogens is 334 g/mol. The molecule has 0 aliphatic carbocycles. The summed E-state index contributed by atoms with van der Waals surface area (Å²) in [7, 11) is 0. The van der Waals surface area contributed by atoms with Gasteiger partial charge in [-0.25, -0.2) is 14.6 Å². The number of hydrogen-bond acceptors (Lipinski definition) is 5. The largest absolute Gasteiger partial charge is 0.322 e. The Hall–Kier alpha value is -2.38. The van der Waals surface area contributed by atoms with Gasteiger partial charge in [-0.1, -0.05) is 11.6 Å². The highest BCUT2D eigenvalue weighted by Gasteiger charge is 2.10. The number of benzene rings is 1. The van der Waals surface area contributed by atoms with E-state index in [2.05, 4.69) is 20.4 Å². The van der Waals surface area contributed by atoms with E-state index in [4.69, 9.17) is 11.6 Å². The van der Waals surface area contributed by atoms with E-state index >= 15 is 0 Å². The van der Waals surface area contributed by atoms with Gasteiger partial charge >= 0.3 is 0 Å². The van der Waals surface area contributed by atoms with Crippen molar-refractivity contribution in [3.8, 4) is 5.82 Å². The highest BCUT2D eigenvalue weighted by atomic mass is 35.5. The molecule has 0 aliphatic rings. The predicted octanol–water partition coefficient (Wildman–Crippen LogP) is 3.05. The Morgan fingerprint density at radius 1 is 1.26 bits per heavy atom. The Balaban J connectivity index is 1.65. The van der Waals surface area contributed by atoms with Crippen molar-refractivity contribution in [2.45, 2.75) is 4.90 Å². The number of carbonyl (C=O) groups excluding carboxylic acids is 1. The number of carbonyl (C=O) groups is 1. The number of pyridine rings is 1. The summed E-state index contributed by atoms with van der Waals surface area (Å²) >= 11 is 7.27. The summed E-state index contributed by atoms with van der Waals surface area (Å²) in [5, 5.41) is 7.55. The Labute approximate surface area is 141 Å². The molecule has 3 aromatic rings. The summed E-state index contributed by atoms with van der Waals surface area (Å²) < 4.78 is 1.50. The van der Waals surface area contributed by atoms with E-state index in [1.807, 2.05) is 12.1 Å².